The summed E-state index contributed by atoms with van der Waals surface area (Å²) in [4.78, 5) is 30.7. The molecule has 9 heavy (non-hydrogen) atoms. The van der Waals surface area contributed by atoms with Gasteiger partial charge in [-0.2, -0.15) is 0 Å². The molecule has 3 nitrogen and oxygen atoms in total. The molecule has 0 unspecified atom stereocenters. The monoisotopic (exact) mass is 128 g/mol. The van der Waals surface area contributed by atoms with Crippen LogP contribution in [-0.2, 0) is 14.4 Å². The van der Waals surface area contributed by atoms with E-state index in [4.69, 9.17) is 0 Å². The van der Waals surface area contributed by atoms with E-state index in [0.29, 0.717) is 0 Å². The standard InChI is InChI=1S/C6H8O3/c1-4(7)3-6(9)5(2)8/h3H2,1-2H3. The molecule has 0 atom stereocenters. The van der Waals surface area contributed by atoms with Crippen molar-refractivity contribution in [3.05, 3.63) is 0 Å². The van der Waals surface area contributed by atoms with Crippen LogP contribution in [0.5, 0.6) is 0 Å². The van der Waals surface area contributed by atoms with Gasteiger partial charge in [-0.3, -0.25) is 14.4 Å². The summed E-state index contributed by atoms with van der Waals surface area (Å²) in [7, 11) is 0. The molecule has 0 heterocycles. The van der Waals surface area contributed by atoms with E-state index in [1.54, 1.807) is 0 Å². The Balaban J connectivity index is 3.79. The topological polar surface area (TPSA) is 51.2 Å². The smallest absolute Gasteiger partial charge is 0.205 e. The molecule has 0 aliphatic carbocycles. The number of Topliss-reactive ketones (excluding diaryl/α,β-unsaturated/α-hetero) is 3. The van der Waals surface area contributed by atoms with E-state index >= 15 is 0 Å². The lowest BCUT2D eigenvalue weighted by Gasteiger charge is -1.87. The normalized spacial score (nSPS) is 8.67. The van der Waals surface area contributed by atoms with E-state index in [-0.39, 0.29) is 12.2 Å². The highest BCUT2D eigenvalue weighted by Crippen LogP contribution is 1.85. The first kappa shape index (κ1) is 8.01. The maximum absolute atomic E-state index is 10.4. The summed E-state index contributed by atoms with van der Waals surface area (Å²) in [6, 6.07) is 0. The quantitative estimate of drug-likeness (QED) is 0.400. The van der Waals surface area contributed by atoms with Crippen LogP contribution in [0.25, 0.3) is 0 Å². The maximum atomic E-state index is 10.4. The van der Waals surface area contributed by atoms with Crippen molar-refractivity contribution in [3.8, 4) is 0 Å². The molecular formula is C6H8O3. The molecule has 0 aliphatic rings. The van der Waals surface area contributed by atoms with Crippen molar-refractivity contribution in [2.75, 3.05) is 0 Å². The van der Waals surface area contributed by atoms with Gasteiger partial charge in [-0.05, 0) is 6.92 Å². The second kappa shape index (κ2) is 3.12. The molecule has 0 N–H and O–H groups in total. The second-order valence-electron chi connectivity index (χ2n) is 1.86. The molecule has 0 amide bonds. The van der Waals surface area contributed by atoms with Gasteiger partial charge < -0.3 is 0 Å². The van der Waals surface area contributed by atoms with Crippen molar-refractivity contribution in [3.63, 3.8) is 0 Å². The molecule has 0 fully saturated rings. The van der Waals surface area contributed by atoms with Gasteiger partial charge in [0.1, 0.15) is 5.78 Å². The maximum Gasteiger partial charge on any atom is 0.205 e. The van der Waals surface area contributed by atoms with Crippen molar-refractivity contribution in [1.82, 2.24) is 0 Å². The Kier molecular flexibility index (Phi) is 2.78. The first-order valence-corrected chi connectivity index (χ1v) is 2.57. The van der Waals surface area contributed by atoms with Gasteiger partial charge in [0, 0.05) is 6.92 Å². The molecule has 0 aromatic rings. The third-order valence-corrected chi connectivity index (χ3v) is 0.802. The number of carbonyl (C=O) groups excluding carboxylic acids is 3. The van der Waals surface area contributed by atoms with E-state index in [1.165, 1.54) is 6.92 Å². The Hall–Kier alpha value is -0.990. The first-order chi connectivity index (χ1) is 4.04. The van der Waals surface area contributed by atoms with Gasteiger partial charge in [-0.25, -0.2) is 0 Å². The Labute approximate surface area is 53.0 Å². The summed E-state index contributed by atoms with van der Waals surface area (Å²) in [5.41, 5.74) is 0. The lowest BCUT2D eigenvalue weighted by atomic mass is 10.2. The molecule has 0 bridgehead atoms. The lowest BCUT2D eigenvalue weighted by Crippen LogP contribution is -2.12. The molecule has 0 saturated heterocycles. The summed E-state index contributed by atoms with van der Waals surface area (Å²) in [6.45, 7) is 2.44. The SMILES string of the molecule is CC(=O)CC(=O)C(C)=O. The zero-order chi connectivity index (χ0) is 7.44. The van der Waals surface area contributed by atoms with Crippen LogP contribution in [0.4, 0.5) is 0 Å². The van der Waals surface area contributed by atoms with E-state index in [2.05, 4.69) is 0 Å². The Morgan fingerprint density at radius 2 is 1.56 bits per heavy atom. The van der Waals surface area contributed by atoms with Gasteiger partial charge in [-0.1, -0.05) is 0 Å². The molecule has 3 heteroatoms. The van der Waals surface area contributed by atoms with Crippen LogP contribution >= 0.6 is 0 Å². The minimum atomic E-state index is -0.609. The van der Waals surface area contributed by atoms with Crippen LogP contribution in [0.1, 0.15) is 20.3 Å². The third-order valence-electron chi connectivity index (χ3n) is 0.802. The first-order valence-electron chi connectivity index (χ1n) is 2.57. The summed E-state index contributed by atoms with van der Waals surface area (Å²) in [5.74, 6) is -1.43. The highest BCUT2D eigenvalue weighted by atomic mass is 16.2. The molecule has 0 aromatic heterocycles. The molecule has 0 spiro atoms. The molecule has 50 valence electrons. The fourth-order valence-corrected chi connectivity index (χ4v) is 0.351. The predicted molar refractivity (Wildman–Crippen MR) is 31.0 cm³/mol. The summed E-state index contributed by atoms with van der Waals surface area (Å²) in [6.07, 6.45) is -0.255. The van der Waals surface area contributed by atoms with Crippen LogP contribution in [0.15, 0.2) is 0 Å². The molecule has 0 aliphatic heterocycles. The van der Waals surface area contributed by atoms with Gasteiger partial charge >= 0.3 is 0 Å². The van der Waals surface area contributed by atoms with Gasteiger partial charge in [0.25, 0.3) is 0 Å². The molecular weight excluding hydrogens is 120 g/mol. The van der Waals surface area contributed by atoms with E-state index in [1.807, 2.05) is 0 Å². The highest BCUT2D eigenvalue weighted by molar-refractivity contribution is 6.39. The number of hydrogen-bond acceptors (Lipinski definition) is 3. The minimum absolute atomic E-state index is 0.255. The summed E-state index contributed by atoms with van der Waals surface area (Å²) < 4.78 is 0. The zero-order valence-electron chi connectivity index (χ0n) is 5.43. The van der Waals surface area contributed by atoms with Crippen LogP contribution in [0, 0.1) is 0 Å². The fraction of sp³-hybridized carbons (Fsp3) is 0.500. The Morgan fingerprint density at radius 1 is 1.11 bits per heavy atom. The molecule has 0 saturated carbocycles. The van der Waals surface area contributed by atoms with Crippen molar-refractivity contribution in [1.29, 1.82) is 0 Å². The minimum Gasteiger partial charge on any atom is -0.300 e. The lowest BCUT2D eigenvalue weighted by molar-refractivity contribution is -0.137. The van der Waals surface area contributed by atoms with E-state index in [0.717, 1.165) is 6.92 Å². The summed E-state index contributed by atoms with van der Waals surface area (Å²) in [5, 5.41) is 0. The number of carbonyl (C=O) groups is 3. The van der Waals surface area contributed by atoms with Gasteiger partial charge in [0.15, 0.2) is 5.78 Å². The Bertz CT molecular complexity index is 158. The van der Waals surface area contributed by atoms with Crippen LogP contribution in [0.3, 0.4) is 0 Å². The largest absolute Gasteiger partial charge is 0.300 e. The van der Waals surface area contributed by atoms with E-state index < -0.39 is 11.6 Å². The van der Waals surface area contributed by atoms with Crippen LogP contribution in [0.2, 0.25) is 0 Å². The zero-order valence-corrected chi connectivity index (χ0v) is 5.43. The van der Waals surface area contributed by atoms with Gasteiger partial charge in [0.05, 0.1) is 6.42 Å². The van der Waals surface area contributed by atoms with Crippen molar-refractivity contribution < 1.29 is 14.4 Å². The third kappa shape index (κ3) is 3.58. The molecule has 0 rings (SSSR count). The average Bonchev–Trinajstić information content (AvgIpc) is 1.63. The Morgan fingerprint density at radius 3 is 1.67 bits per heavy atom. The fourth-order valence-electron chi connectivity index (χ4n) is 0.351. The number of ketones is 3. The van der Waals surface area contributed by atoms with Crippen LogP contribution < -0.4 is 0 Å². The number of hydrogen-bond donors (Lipinski definition) is 0. The molecule has 0 aromatic carbocycles. The van der Waals surface area contributed by atoms with Crippen LogP contribution in [-0.4, -0.2) is 17.3 Å². The van der Waals surface area contributed by atoms with Gasteiger partial charge in [-0.15, -0.1) is 0 Å². The second-order valence-corrected chi connectivity index (χ2v) is 1.86. The number of rotatable bonds is 3. The van der Waals surface area contributed by atoms with Crippen molar-refractivity contribution in [2.24, 2.45) is 0 Å². The average molecular weight is 128 g/mol. The van der Waals surface area contributed by atoms with E-state index in [9.17, 15) is 14.4 Å². The van der Waals surface area contributed by atoms with Crippen molar-refractivity contribution >= 4 is 17.3 Å². The van der Waals surface area contributed by atoms with Crippen molar-refractivity contribution in [2.45, 2.75) is 20.3 Å². The summed E-state index contributed by atoms with van der Waals surface area (Å²) >= 11 is 0. The van der Waals surface area contributed by atoms with Gasteiger partial charge in [0.2, 0.25) is 5.78 Å². The highest BCUT2D eigenvalue weighted by Gasteiger charge is 2.08. The predicted octanol–water partition coefficient (Wildman–Crippen LogP) is 0.124. The molecule has 0 radical (unpaired) electrons.